The average molecular weight is 240 g/mol. The lowest BCUT2D eigenvalue weighted by Crippen LogP contribution is -2.42. The first kappa shape index (κ1) is 11.9. The predicted octanol–water partition coefficient (Wildman–Crippen LogP) is 2.51. The Morgan fingerprint density at radius 3 is 2.50 bits per heavy atom. The Morgan fingerprint density at radius 2 is 2.00 bits per heavy atom. The second-order valence-electron chi connectivity index (χ2n) is 4.86. The molecule has 2 unspecified atom stereocenters. The zero-order chi connectivity index (χ0) is 11.7. The van der Waals surface area contributed by atoms with Crippen molar-refractivity contribution in [2.75, 3.05) is 0 Å². The molecule has 0 aliphatic carbocycles. The minimum Gasteiger partial charge on any atom is -0.317 e. The predicted molar refractivity (Wildman–Crippen MR) is 68.0 cm³/mol. The molecule has 0 bridgehead atoms. The first-order chi connectivity index (χ1) is 7.58. The molecule has 0 saturated carbocycles. The van der Waals surface area contributed by atoms with Gasteiger partial charge in [-0.2, -0.15) is 0 Å². The second kappa shape index (κ2) is 4.72. The summed E-state index contributed by atoms with van der Waals surface area (Å²) in [6.07, 6.45) is 3.90. The Hall–Kier alpha value is -0.610. The summed E-state index contributed by atoms with van der Waals surface area (Å²) in [4.78, 5) is 17.9. The fraction of sp³-hybridized carbons (Fsp3) is 0.750. The molecule has 4 heteroatoms. The maximum absolute atomic E-state index is 11.3. The van der Waals surface area contributed by atoms with Gasteiger partial charge in [-0.3, -0.25) is 9.69 Å². The Balaban J connectivity index is 2.13. The van der Waals surface area contributed by atoms with Crippen molar-refractivity contribution < 1.29 is 0 Å². The van der Waals surface area contributed by atoms with Crippen molar-refractivity contribution in [1.29, 1.82) is 0 Å². The van der Waals surface area contributed by atoms with Gasteiger partial charge in [-0.25, -0.2) is 0 Å². The van der Waals surface area contributed by atoms with E-state index in [-0.39, 0.29) is 4.87 Å². The summed E-state index contributed by atoms with van der Waals surface area (Å²) in [7, 11) is 0. The lowest BCUT2D eigenvalue weighted by Gasteiger charge is -2.38. The summed E-state index contributed by atoms with van der Waals surface area (Å²) in [5.41, 5.74) is 1.04. The summed E-state index contributed by atoms with van der Waals surface area (Å²) < 4.78 is 0. The number of hydrogen-bond donors (Lipinski definition) is 1. The number of aromatic nitrogens is 1. The fourth-order valence-corrected chi connectivity index (χ4v) is 3.39. The van der Waals surface area contributed by atoms with Gasteiger partial charge in [0, 0.05) is 29.2 Å². The maximum Gasteiger partial charge on any atom is 0.304 e. The SMILES string of the molecule is Cc1[nH]c(=O)sc1CN1C(C)CCCC1C. The first-order valence-corrected chi connectivity index (χ1v) is 6.84. The molecule has 2 rings (SSSR count). The summed E-state index contributed by atoms with van der Waals surface area (Å²) in [6.45, 7) is 7.50. The van der Waals surface area contributed by atoms with E-state index in [4.69, 9.17) is 0 Å². The molecule has 0 aromatic carbocycles. The maximum atomic E-state index is 11.3. The van der Waals surface area contributed by atoms with Crippen LogP contribution in [0.2, 0.25) is 0 Å². The summed E-state index contributed by atoms with van der Waals surface area (Å²) >= 11 is 1.36. The van der Waals surface area contributed by atoms with Gasteiger partial charge in [0.05, 0.1) is 0 Å². The van der Waals surface area contributed by atoms with Crippen LogP contribution in [0, 0.1) is 6.92 Å². The number of aryl methyl sites for hydroxylation is 1. The largest absolute Gasteiger partial charge is 0.317 e. The van der Waals surface area contributed by atoms with Crippen molar-refractivity contribution in [1.82, 2.24) is 9.88 Å². The molecule has 1 saturated heterocycles. The molecule has 0 radical (unpaired) electrons. The van der Waals surface area contributed by atoms with Gasteiger partial charge >= 0.3 is 4.87 Å². The first-order valence-electron chi connectivity index (χ1n) is 6.02. The number of rotatable bonds is 2. The molecule has 2 atom stereocenters. The number of aromatic amines is 1. The highest BCUT2D eigenvalue weighted by molar-refractivity contribution is 7.09. The van der Waals surface area contributed by atoms with Gasteiger partial charge in [0.15, 0.2) is 0 Å². The molecule has 16 heavy (non-hydrogen) atoms. The topological polar surface area (TPSA) is 36.1 Å². The molecule has 90 valence electrons. The molecular weight excluding hydrogens is 220 g/mol. The number of H-pyrrole nitrogens is 1. The number of thiazole rings is 1. The van der Waals surface area contributed by atoms with E-state index < -0.39 is 0 Å². The summed E-state index contributed by atoms with van der Waals surface area (Å²) in [6, 6.07) is 1.28. The highest BCUT2D eigenvalue weighted by atomic mass is 32.1. The molecule has 0 amide bonds. The van der Waals surface area contributed by atoms with Crippen LogP contribution in [0.5, 0.6) is 0 Å². The Morgan fingerprint density at radius 1 is 1.38 bits per heavy atom. The quantitative estimate of drug-likeness (QED) is 0.862. The molecule has 1 fully saturated rings. The van der Waals surface area contributed by atoms with Crippen LogP contribution in [0.4, 0.5) is 0 Å². The van der Waals surface area contributed by atoms with Crippen LogP contribution in [0.1, 0.15) is 43.7 Å². The fourth-order valence-electron chi connectivity index (χ4n) is 2.54. The van der Waals surface area contributed by atoms with Gasteiger partial charge < -0.3 is 4.98 Å². The van der Waals surface area contributed by atoms with Crippen molar-refractivity contribution in [3.63, 3.8) is 0 Å². The van der Waals surface area contributed by atoms with Crippen molar-refractivity contribution >= 4 is 11.3 Å². The highest BCUT2D eigenvalue weighted by Crippen LogP contribution is 2.25. The number of nitrogens with one attached hydrogen (secondary N) is 1. The van der Waals surface area contributed by atoms with E-state index in [2.05, 4.69) is 23.7 Å². The van der Waals surface area contributed by atoms with E-state index in [1.165, 1.54) is 35.5 Å². The standard InChI is InChI=1S/C12H20N2OS/c1-8-5-4-6-9(2)14(8)7-11-10(3)13-12(15)16-11/h8-9H,4-7H2,1-3H3,(H,13,15). The van der Waals surface area contributed by atoms with Gasteiger partial charge in [-0.15, -0.1) is 0 Å². The van der Waals surface area contributed by atoms with E-state index in [1.807, 2.05) is 6.92 Å². The minimum atomic E-state index is 0.0739. The average Bonchev–Trinajstić information content (AvgIpc) is 2.51. The van der Waals surface area contributed by atoms with Crippen molar-refractivity contribution in [3.8, 4) is 0 Å². The van der Waals surface area contributed by atoms with E-state index >= 15 is 0 Å². The summed E-state index contributed by atoms with van der Waals surface area (Å²) in [5, 5.41) is 0. The Labute approximate surface area is 100 Å². The van der Waals surface area contributed by atoms with Crippen LogP contribution in [0.15, 0.2) is 4.79 Å². The molecule has 1 aliphatic heterocycles. The normalized spacial score (nSPS) is 27.2. The van der Waals surface area contributed by atoms with Crippen LogP contribution in [-0.4, -0.2) is 22.0 Å². The smallest absolute Gasteiger partial charge is 0.304 e. The molecule has 3 nitrogen and oxygen atoms in total. The van der Waals surface area contributed by atoms with Crippen molar-refractivity contribution in [3.05, 3.63) is 20.2 Å². The Bertz CT molecular complexity index is 399. The minimum absolute atomic E-state index is 0.0739. The molecule has 1 aromatic heterocycles. The van der Waals surface area contributed by atoms with Crippen LogP contribution >= 0.6 is 11.3 Å². The van der Waals surface area contributed by atoms with Gasteiger partial charge in [0.1, 0.15) is 0 Å². The van der Waals surface area contributed by atoms with Crippen LogP contribution < -0.4 is 4.87 Å². The van der Waals surface area contributed by atoms with Gasteiger partial charge in [0.2, 0.25) is 0 Å². The number of piperidine rings is 1. The molecular formula is C12H20N2OS. The lowest BCUT2D eigenvalue weighted by molar-refractivity contribution is 0.0962. The Kier molecular flexibility index (Phi) is 3.50. The molecule has 1 aliphatic rings. The van der Waals surface area contributed by atoms with E-state index in [1.54, 1.807) is 0 Å². The highest BCUT2D eigenvalue weighted by Gasteiger charge is 2.25. The molecule has 1 aromatic rings. The van der Waals surface area contributed by atoms with Crippen LogP contribution in [0.25, 0.3) is 0 Å². The summed E-state index contributed by atoms with van der Waals surface area (Å²) in [5.74, 6) is 0. The third kappa shape index (κ3) is 2.38. The van der Waals surface area contributed by atoms with E-state index in [0.29, 0.717) is 12.1 Å². The van der Waals surface area contributed by atoms with Crippen LogP contribution in [-0.2, 0) is 6.54 Å². The van der Waals surface area contributed by atoms with E-state index in [0.717, 1.165) is 12.2 Å². The van der Waals surface area contributed by atoms with Crippen LogP contribution in [0.3, 0.4) is 0 Å². The number of likely N-dealkylation sites (tertiary alicyclic amines) is 1. The third-order valence-corrected chi connectivity index (χ3v) is 4.60. The third-order valence-electron chi connectivity index (χ3n) is 3.63. The van der Waals surface area contributed by atoms with Crippen molar-refractivity contribution in [2.45, 2.75) is 58.7 Å². The molecule has 0 spiro atoms. The second-order valence-corrected chi connectivity index (χ2v) is 5.93. The molecule has 1 N–H and O–H groups in total. The van der Waals surface area contributed by atoms with Gasteiger partial charge in [-0.1, -0.05) is 17.8 Å². The van der Waals surface area contributed by atoms with Gasteiger partial charge in [0.25, 0.3) is 0 Å². The zero-order valence-corrected chi connectivity index (χ0v) is 11.1. The van der Waals surface area contributed by atoms with E-state index in [9.17, 15) is 4.79 Å². The lowest BCUT2D eigenvalue weighted by atomic mass is 9.97. The number of nitrogens with zero attached hydrogens (tertiary/aromatic N) is 1. The zero-order valence-electron chi connectivity index (χ0n) is 10.2. The number of hydrogen-bond acceptors (Lipinski definition) is 3. The molecule has 2 heterocycles. The van der Waals surface area contributed by atoms with Crippen molar-refractivity contribution in [2.24, 2.45) is 0 Å². The monoisotopic (exact) mass is 240 g/mol. The van der Waals surface area contributed by atoms with Gasteiger partial charge in [-0.05, 0) is 33.6 Å².